The lowest BCUT2D eigenvalue weighted by Crippen LogP contribution is -2.25. The molecule has 0 amide bonds. The highest BCUT2D eigenvalue weighted by atomic mass is 79.9. The SMILES string of the molecule is COc1ccc(C(O)CN2CCCC2)cc1Br. The minimum atomic E-state index is -0.421. The van der Waals surface area contributed by atoms with Gasteiger partial charge in [0.2, 0.25) is 0 Å². The van der Waals surface area contributed by atoms with Crippen LogP contribution in [0.2, 0.25) is 0 Å². The van der Waals surface area contributed by atoms with Crippen LogP contribution in [0, 0.1) is 0 Å². The van der Waals surface area contributed by atoms with Crippen molar-refractivity contribution in [2.24, 2.45) is 0 Å². The summed E-state index contributed by atoms with van der Waals surface area (Å²) in [5.41, 5.74) is 0.935. The van der Waals surface area contributed by atoms with Crippen LogP contribution in [0.1, 0.15) is 24.5 Å². The van der Waals surface area contributed by atoms with Crippen molar-refractivity contribution in [3.05, 3.63) is 28.2 Å². The predicted molar refractivity (Wildman–Crippen MR) is 71.3 cm³/mol. The molecule has 17 heavy (non-hydrogen) atoms. The second-order valence-electron chi connectivity index (χ2n) is 4.42. The molecule has 4 heteroatoms. The molecule has 0 radical (unpaired) electrons. The fourth-order valence-corrected chi connectivity index (χ4v) is 2.76. The van der Waals surface area contributed by atoms with Gasteiger partial charge in [-0.2, -0.15) is 0 Å². The molecular formula is C13H18BrNO2. The van der Waals surface area contributed by atoms with Crippen LogP contribution in [-0.4, -0.2) is 36.8 Å². The normalized spacial score (nSPS) is 18.3. The zero-order chi connectivity index (χ0) is 12.3. The van der Waals surface area contributed by atoms with Crippen LogP contribution < -0.4 is 4.74 Å². The van der Waals surface area contributed by atoms with Gasteiger partial charge in [-0.15, -0.1) is 0 Å². The molecule has 1 aliphatic heterocycles. The number of methoxy groups -OCH3 is 1. The first-order valence-corrected chi connectivity index (χ1v) is 6.74. The molecule has 2 rings (SSSR count). The Kier molecular flexibility index (Phi) is 4.42. The number of aliphatic hydroxyl groups excluding tert-OH is 1. The van der Waals surface area contributed by atoms with Gasteiger partial charge in [0, 0.05) is 6.54 Å². The molecular weight excluding hydrogens is 282 g/mol. The van der Waals surface area contributed by atoms with Crippen molar-refractivity contribution in [3.8, 4) is 5.75 Å². The minimum Gasteiger partial charge on any atom is -0.496 e. The zero-order valence-electron chi connectivity index (χ0n) is 10.0. The number of hydrogen-bond donors (Lipinski definition) is 1. The number of nitrogens with zero attached hydrogens (tertiary/aromatic N) is 1. The van der Waals surface area contributed by atoms with Crippen molar-refractivity contribution in [2.45, 2.75) is 18.9 Å². The number of β-amino-alcohol motifs (C(OH)–C–C–N with tert-alkyl or cyclic N) is 1. The van der Waals surface area contributed by atoms with Crippen molar-refractivity contribution >= 4 is 15.9 Å². The molecule has 1 N–H and O–H groups in total. The summed E-state index contributed by atoms with van der Waals surface area (Å²) in [5.74, 6) is 0.794. The lowest BCUT2D eigenvalue weighted by atomic mass is 10.1. The molecule has 1 heterocycles. The van der Waals surface area contributed by atoms with Gasteiger partial charge < -0.3 is 14.7 Å². The van der Waals surface area contributed by atoms with Crippen LogP contribution in [0.5, 0.6) is 5.75 Å². The number of aliphatic hydroxyl groups is 1. The number of likely N-dealkylation sites (tertiary alicyclic amines) is 1. The Morgan fingerprint density at radius 1 is 1.41 bits per heavy atom. The van der Waals surface area contributed by atoms with Gasteiger partial charge in [-0.25, -0.2) is 0 Å². The van der Waals surface area contributed by atoms with Crippen LogP contribution >= 0.6 is 15.9 Å². The van der Waals surface area contributed by atoms with Gasteiger partial charge in [-0.1, -0.05) is 6.07 Å². The smallest absolute Gasteiger partial charge is 0.133 e. The molecule has 1 atom stereocenters. The fourth-order valence-electron chi connectivity index (χ4n) is 2.21. The highest BCUT2D eigenvalue weighted by Crippen LogP contribution is 2.28. The molecule has 0 aromatic heterocycles. The number of benzene rings is 1. The summed E-state index contributed by atoms with van der Waals surface area (Å²) in [6, 6.07) is 5.73. The van der Waals surface area contributed by atoms with Gasteiger partial charge >= 0.3 is 0 Å². The maximum absolute atomic E-state index is 10.2. The van der Waals surface area contributed by atoms with E-state index in [9.17, 15) is 5.11 Å². The molecule has 1 aliphatic rings. The van der Waals surface area contributed by atoms with Gasteiger partial charge in [0.1, 0.15) is 5.75 Å². The summed E-state index contributed by atoms with van der Waals surface area (Å²) in [4.78, 5) is 2.31. The predicted octanol–water partition coefficient (Wildman–Crippen LogP) is 2.59. The van der Waals surface area contributed by atoms with Gasteiger partial charge in [0.05, 0.1) is 17.7 Å². The minimum absolute atomic E-state index is 0.421. The van der Waals surface area contributed by atoms with E-state index in [1.54, 1.807) is 7.11 Å². The van der Waals surface area contributed by atoms with E-state index in [0.29, 0.717) is 0 Å². The maximum atomic E-state index is 10.2. The van der Waals surface area contributed by atoms with E-state index in [-0.39, 0.29) is 0 Å². The van der Waals surface area contributed by atoms with Crippen LogP contribution in [0.15, 0.2) is 22.7 Å². The molecule has 1 saturated heterocycles. The Morgan fingerprint density at radius 3 is 2.71 bits per heavy atom. The van der Waals surface area contributed by atoms with E-state index in [1.807, 2.05) is 18.2 Å². The summed E-state index contributed by atoms with van der Waals surface area (Å²) in [6.45, 7) is 2.93. The van der Waals surface area contributed by atoms with Crippen molar-refractivity contribution in [1.29, 1.82) is 0 Å². The summed E-state index contributed by atoms with van der Waals surface area (Å²) in [6.07, 6.45) is 2.08. The number of rotatable bonds is 4. The van der Waals surface area contributed by atoms with Gasteiger partial charge in [-0.3, -0.25) is 0 Å². The summed E-state index contributed by atoms with van der Waals surface area (Å²) < 4.78 is 6.06. The first-order chi connectivity index (χ1) is 8.20. The average molecular weight is 300 g/mol. The molecule has 3 nitrogen and oxygen atoms in total. The Balaban J connectivity index is 2.02. The Labute approximate surface area is 111 Å². The standard InChI is InChI=1S/C13H18BrNO2/c1-17-13-5-4-10(8-11(13)14)12(16)9-15-6-2-3-7-15/h4-5,8,12,16H,2-3,6-7,9H2,1H3. The van der Waals surface area contributed by atoms with E-state index >= 15 is 0 Å². The van der Waals surface area contributed by atoms with E-state index in [4.69, 9.17) is 4.74 Å². The topological polar surface area (TPSA) is 32.7 Å². The van der Waals surface area contributed by atoms with Crippen LogP contribution in [-0.2, 0) is 0 Å². The molecule has 0 saturated carbocycles. The van der Waals surface area contributed by atoms with E-state index in [2.05, 4.69) is 20.8 Å². The second-order valence-corrected chi connectivity index (χ2v) is 5.27. The van der Waals surface area contributed by atoms with Gasteiger partial charge in [0.15, 0.2) is 0 Å². The molecule has 1 aromatic rings. The van der Waals surface area contributed by atoms with Crippen molar-refractivity contribution < 1.29 is 9.84 Å². The van der Waals surface area contributed by atoms with E-state index in [1.165, 1.54) is 12.8 Å². The number of halogens is 1. The van der Waals surface area contributed by atoms with Crippen LogP contribution in [0.25, 0.3) is 0 Å². The number of ether oxygens (including phenoxy) is 1. The first-order valence-electron chi connectivity index (χ1n) is 5.94. The van der Waals surface area contributed by atoms with E-state index in [0.717, 1.165) is 35.4 Å². The Morgan fingerprint density at radius 2 is 2.12 bits per heavy atom. The summed E-state index contributed by atoms with van der Waals surface area (Å²) in [7, 11) is 1.64. The van der Waals surface area contributed by atoms with Crippen LogP contribution in [0.3, 0.4) is 0 Å². The van der Waals surface area contributed by atoms with Crippen molar-refractivity contribution in [1.82, 2.24) is 4.90 Å². The number of hydrogen-bond acceptors (Lipinski definition) is 3. The van der Waals surface area contributed by atoms with Gasteiger partial charge in [0.25, 0.3) is 0 Å². The first kappa shape index (κ1) is 12.9. The van der Waals surface area contributed by atoms with Crippen LogP contribution in [0.4, 0.5) is 0 Å². The maximum Gasteiger partial charge on any atom is 0.133 e. The molecule has 1 aromatic carbocycles. The largest absolute Gasteiger partial charge is 0.496 e. The fraction of sp³-hybridized carbons (Fsp3) is 0.538. The third-order valence-electron chi connectivity index (χ3n) is 3.19. The molecule has 0 aliphatic carbocycles. The average Bonchev–Trinajstić information content (AvgIpc) is 2.81. The summed E-state index contributed by atoms with van der Waals surface area (Å²) in [5, 5.41) is 10.2. The summed E-state index contributed by atoms with van der Waals surface area (Å²) >= 11 is 3.44. The lowest BCUT2D eigenvalue weighted by Gasteiger charge is -2.20. The zero-order valence-corrected chi connectivity index (χ0v) is 11.6. The third-order valence-corrected chi connectivity index (χ3v) is 3.81. The molecule has 94 valence electrons. The lowest BCUT2D eigenvalue weighted by molar-refractivity contribution is 0.126. The molecule has 1 fully saturated rings. The van der Waals surface area contributed by atoms with Crippen molar-refractivity contribution in [2.75, 3.05) is 26.7 Å². The Hall–Kier alpha value is -0.580. The molecule has 0 spiro atoms. The van der Waals surface area contributed by atoms with Crippen molar-refractivity contribution in [3.63, 3.8) is 0 Å². The quantitative estimate of drug-likeness (QED) is 0.927. The second kappa shape index (κ2) is 5.85. The van der Waals surface area contributed by atoms with Gasteiger partial charge in [-0.05, 0) is 59.6 Å². The monoisotopic (exact) mass is 299 g/mol. The highest BCUT2D eigenvalue weighted by Gasteiger charge is 2.17. The highest BCUT2D eigenvalue weighted by molar-refractivity contribution is 9.10. The van der Waals surface area contributed by atoms with E-state index < -0.39 is 6.10 Å². The Bertz CT molecular complexity index is 378. The third kappa shape index (κ3) is 3.21. The molecule has 1 unspecified atom stereocenters. The molecule has 0 bridgehead atoms.